The lowest BCUT2D eigenvalue weighted by atomic mass is 9.65. The molecule has 2 nitrogen and oxygen atoms in total. The van der Waals surface area contributed by atoms with Crippen LogP contribution in [0.5, 0.6) is 0 Å². The van der Waals surface area contributed by atoms with Crippen molar-refractivity contribution in [2.24, 2.45) is 0 Å². The molecule has 0 radical (unpaired) electrons. The van der Waals surface area contributed by atoms with Crippen LogP contribution in [-0.2, 0) is 10.8 Å². The largest absolute Gasteiger partial charge is 0.310 e. The van der Waals surface area contributed by atoms with E-state index in [1.54, 1.807) is 0 Å². The van der Waals surface area contributed by atoms with Gasteiger partial charge in [-0.25, -0.2) is 0 Å². The average Bonchev–Trinajstić information content (AvgIpc) is 2.99. The van der Waals surface area contributed by atoms with Crippen molar-refractivity contribution < 1.29 is 0 Å². The molecular weight excluding hydrogens is 965 g/mol. The summed E-state index contributed by atoms with van der Waals surface area (Å²) in [4.78, 5) is 2.58. The summed E-state index contributed by atoms with van der Waals surface area (Å²) in [6, 6.07) is 107. The molecule has 1 unspecified atom stereocenters. The van der Waals surface area contributed by atoms with Crippen LogP contribution < -0.4 is 4.90 Å². The van der Waals surface area contributed by atoms with Gasteiger partial charge in [0, 0.05) is 27.8 Å². The minimum absolute atomic E-state index is 0.547. The number of nitrogens with zero attached hydrogens (tertiary/aromatic N) is 2. The van der Waals surface area contributed by atoms with Crippen molar-refractivity contribution in [2.75, 3.05) is 4.90 Å². The second kappa shape index (κ2) is 15.3. The van der Waals surface area contributed by atoms with Gasteiger partial charge in [0.25, 0.3) is 0 Å². The smallest absolute Gasteiger partial charge is 0.0755 e. The van der Waals surface area contributed by atoms with Crippen molar-refractivity contribution in [1.82, 2.24) is 4.57 Å². The van der Waals surface area contributed by atoms with Gasteiger partial charge in [-0.3, -0.25) is 0 Å². The SMILES string of the molecule is c1ccc2c(c1)-c1ccccc1C21c2cc(N(c3ccc4c(c3)C3(c5ccccc5-4)c4ccccc4-n4c5ccccc5c5cccc3c54)c3ccc4c5ccccc5c5ccccc5c4c3)ccc2-c2c1ccc1ccccc21. The second-order valence-corrected chi connectivity index (χ2v) is 22.5. The van der Waals surface area contributed by atoms with Gasteiger partial charge in [0.15, 0.2) is 0 Å². The number of aromatic nitrogens is 1. The Hall–Kier alpha value is -10.3. The summed E-state index contributed by atoms with van der Waals surface area (Å²) < 4.78 is 2.54. The molecule has 1 aromatic heterocycles. The monoisotopic (exact) mass is 1010 g/mol. The molecule has 0 saturated carbocycles. The Kier molecular flexibility index (Phi) is 8.16. The molecule has 1 aliphatic heterocycles. The van der Waals surface area contributed by atoms with Crippen LogP contribution >= 0.6 is 0 Å². The molecular formula is C78H46N2. The fourth-order valence-electron chi connectivity index (χ4n) is 16.2. The number of fused-ring (bicyclic) bond motifs is 30. The quantitative estimate of drug-likeness (QED) is 0.160. The Morgan fingerprint density at radius 2 is 0.700 bits per heavy atom. The highest BCUT2D eigenvalue weighted by atomic mass is 15.1. The number of rotatable bonds is 3. The molecule has 80 heavy (non-hydrogen) atoms. The highest BCUT2D eigenvalue weighted by Crippen LogP contribution is 2.66. The third kappa shape index (κ3) is 5.08. The molecule has 368 valence electrons. The summed E-state index contributed by atoms with van der Waals surface area (Å²) in [7, 11) is 0. The summed E-state index contributed by atoms with van der Waals surface area (Å²) in [6.07, 6.45) is 0. The van der Waals surface area contributed by atoms with Gasteiger partial charge in [0.1, 0.15) is 0 Å². The molecule has 2 spiro atoms. The van der Waals surface area contributed by atoms with Crippen LogP contribution in [-0.4, -0.2) is 4.57 Å². The lowest BCUT2D eigenvalue weighted by molar-refractivity contribution is 0.748. The van der Waals surface area contributed by atoms with Crippen molar-refractivity contribution in [2.45, 2.75) is 10.8 Å². The van der Waals surface area contributed by atoms with Crippen LogP contribution in [0, 0.1) is 0 Å². The zero-order valence-electron chi connectivity index (χ0n) is 43.5. The number of hydrogen-bond acceptors (Lipinski definition) is 1. The summed E-state index contributed by atoms with van der Waals surface area (Å²) >= 11 is 0. The predicted octanol–water partition coefficient (Wildman–Crippen LogP) is 19.9. The number of para-hydroxylation sites is 3. The molecule has 0 bridgehead atoms. The summed E-state index contributed by atoms with van der Waals surface area (Å²) in [5.74, 6) is 0. The summed E-state index contributed by atoms with van der Waals surface area (Å²) in [5.41, 5.74) is 24.2. The summed E-state index contributed by atoms with van der Waals surface area (Å²) in [5, 5.41) is 12.6. The molecule has 0 fully saturated rings. The standard InChI is InChI=1S/C78H46N2/c1-2-19-51-47(18-1)36-43-69-75(51)63-42-39-50(46-72(63)77(69)65-29-11-7-24-57(65)58-25-8-12-30-66(58)77)79(48-37-40-56-54-22-4-3-20-52(54)53-21-5-6-23-55(53)64(56)44-48)49-38-41-60-59-26-9-13-31-67(59)78(71(60)45-49)68-32-14-16-35-74(68)80-73-34-15-10-27-61(73)62-28-17-33-70(78)76(62)80/h1-46H. The highest BCUT2D eigenvalue weighted by Gasteiger charge is 2.53. The maximum absolute atomic E-state index is 2.58. The van der Waals surface area contributed by atoms with E-state index in [9.17, 15) is 0 Å². The van der Waals surface area contributed by atoms with Crippen LogP contribution in [0.15, 0.2) is 279 Å². The molecule has 15 aromatic rings. The van der Waals surface area contributed by atoms with E-state index in [1.165, 1.54) is 148 Å². The van der Waals surface area contributed by atoms with E-state index < -0.39 is 10.8 Å². The number of hydrogen-bond donors (Lipinski definition) is 0. The van der Waals surface area contributed by atoms with Gasteiger partial charge >= 0.3 is 0 Å². The van der Waals surface area contributed by atoms with E-state index in [-0.39, 0.29) is 0 Å². The minimum atomic E-state index is -0.617. The zero-order valence-corrected chi connectivity index (χ0v) is 43.5. The molecule has 19 rings (SSSR count). The van der Waals surface area contributed by atoms with E-state index in [2.05, 4.69) is 289 Å². The van der Waals surface area contributed by atoms with Crippen molar-refractivity contribution in [3.63, 3.8) is 0 Å². The Morgan fingerprint density at radius 3 is 1.38 bits per heavy atom. The van der Waals surface area contributed by atoms with Crippen molar-refractivity contribution >= 4 is 82.0 Å². The fraction of sp³-hybridized carbons (Fsp3) is 0.0256. The maximum Gasteiger partial charge on any atom is 0.0755 e. The Balaban J connectivity index is 0.931. The molecule has 0 saturated heterocycles. The van der Waals surface area contributed by atoms with Crippen LogP contribution in [0.25, 0.3) is 104 Å². The van der Waals surface area contributed by atoms with Crippen LogP contribution in [0.1, 0.15) is 44.5 Å². The van der Waals surface area contributed by atoms with Crippen LogP contribution in [0.2, 0.25) is 0 Å². The van der Waals surface area contributed by atoms with Gasteiger partial charge in [0.2, 0.25) is 0 Å². The molecule has 0 N–H and O–H groups in total. The van der Waals surface area contributed by atoms with Crippen molar-refractivity contribution in [3.8, 4) is 39.1 Å². The van der Waals surface area contributed by atoms with Gasteiger partial charge < -0.3 is 9.47 Å². The molecule has 14 aromatic carbocycles. The molecule has 0 amide bonds. The minimum Gasteiger partial charge on any atom is -0.310 e. The fourth-order valence-corrected chi connectivity index (χ4v) is 16.2. The van der Waals surface area contributed by atoms with Crippen molar-refractivity contribution in [3.05, 3.63) is 324 Å². The normalized spacial score (nSPS) is 15.4. The first-order chi connectivity index (χ1) is 39.7. The van der Waals surface area contributed by atoms with Gasteiger partial charge in [-0.15, -0.1) is 0 Å². The third-order valence-corrected chi connectivity index (χ3v) is 19.1. The lowest BCUT2D eigenvalue weighted by Gasteiger charge is -2.40. The lowest BCUT2D eigenvalue weighted by Crippen LogP contribution is -2.33. The Morgan fingerprint density at radius 1 is 0.250 bits per heavy atom. The number of anilines is 3. The van der Waals surface area contributed by atoms with Gasteiger partial charge in [0.05, 0.1) is 27.6 Å². The first-order valence-corrected chi connectivity index (χ1v) is 28.1. The number of benzene rings is 14. The van der Waals surface area contributed by atoms with Crippen molar-refractivity contribution in [1.29, 1.82) is 0 Å². The topological polar surface area (TPSA) is 8.17 Å². The molecule has 1 atom stereocenters. The van der Waals surface area contributed by atoms with E-state index in [1.807, 2.05) is 0 Å². The van der Waals surface area contributed by atoms with Crippen LogP contribution in [0.3, 0.4) is 0 Å². The first-order valence-electron chi connectivity index (χ1n) is 28.1. The van der Waals surface area contributed by atoms with E-state index in [0.29, 0.717) is 0 Å². The maximum atomic E-state index is 2.58. The van der Waals surface area contributed by atoms with Gasteiger partial charge in [-0.05, 0) is 170 Å². The molecule has 3 aliphatic carbocycles. The predicted molar refractivity (Wildman–Crippen MR) is 333 cm³/mol. The van der Waals surface area contributed by atoms with E-state index in [4.69, 9.17) is 0 Å². The Bertz CT molecular complexity index is 5200. The second-order valence-electron chi connectivity index (χ2n) is 22.5. The van der Waals surface area contributed by atoms with Gasteiger partial charge in [-0.1, -0.05) is 231 Å². The van der Waals surface area contributed by atoms with E-state index >= 15 is 0 Å². The highest BCUT2D eigenvalue weighted by molar-refractivity contribution is 6.26. The molecule has 2 heterocycles. The first kappa shape index (κ1) is 42.8. The summed E-state index contributed by atoms with van der Waals surface area (Å²) in [6.45, 7) is 0. The molecule has 2 heteroatoms. The Labute approximate surface area is 462 Å². The zero-order chi connectivity index (χ0) is 52.0. The third-order valence-electron chi connectivity index (χ3n) is 19.1. The van der Waals surface area contributed by atoms with E-state index in [0.717, 1.165) is 17.1 Å². The van der Waals surface area contributed by atoms with Gasteiger partial charge in [-0.2, -0.15) is 0 Å². The average molecular weight is 1010 g/mol. The molecule has 4 aliphatic rings. The van der Waals surface area contributed by atoms with Crippen LogP contribution in [0.4, 0.5) is 17.1 Å².